The fourth-order valence-electron chi connectivity index (χ4n) is 2.86. The Morgan fingerprint density at radius 2 is 2.23 bits per heavy atom. The van der Waals surface area contributed by atoms with Gasteiger partial charge in [-0.1, -0.05) is 31.9 Å². The normalized spacial score (nSPS) is 27.5. The Morgan fingerprint density at radius 1 is 1.38 bits per heavy atom. The summed E-state index contributed by atoms with van der Waals surface area (Å²) < 4.78 is 0. The van der Waals surface area contributed by atoms with Crippen LogP contribution in [0.4, 0.5) is 0 Å². The maximum Gasteiger partial charge on any atom is -0.0185 e. The smallest absolute Gasteiger partial charge is 0.0185 e. The Labute approximate surface area is 81.7 Å². The van der Waals surface area contributed by atoms with Gasteiger partial charge in [0.15, 0.2) is 0 Å². The number of rotatable bonds is 2. The van der Waals surface area contributed by atoms with Crippen LogP contribution in [0, 0.1) is 5.92 Å². The molecule has 0 amide bonds. The first-order valence-corrected chi connectivity index (χ1v) is 5.74. The molecule has 0 saturated carbocycles. The first-order valence-electron chi connectivity index (χ1n) is 5.74. The quantitative estimate of drug-likeness (QED) is 0.590. The van der Waals surface area contributed by atoms with E-state index in [0.29, 0.717) is 0 Å². The molecule has 1 unspecified atom stereocenters. The summed E-state index contributed by atoms with van der Waals surface area (Å²) in [6, 6.07) is 0. The van der Waals surface area contributed by atoms with E-state index in [1.165, 1.54) is 38.5 Å². The maximum absolute atomic E-state index is 2.49. The van der Waals surface area contributed by atoms with Gasteiger partial charge in [0.1, 0.15) is 0 Å². The third kappa shape index (κ3) is 1.59. The molecule has 2 aliphatic rings. The van der Waals surface area contributed by atoms with Crippen molar-refractivity contribution in [2.45, 2.75) is 52.4 Å². The molecular formula is C13H20. The molecule has 0 spiro atoms. The van der Waals surface area contributed by atoms with Gasteiger partial charge in [-0.05, 0) is 49.2 Å². The summed E-state index contributed by atoms with van der Waals surface area (Å²) in [4.78, 5) is 0. The lowest BCUT2D eigenvalue weighted by Gasteiger charge is -2.19. The Hall–Kier alpha value is -0.520. The van der Waals surface area contributed by atoms with Crippen LogP contribution in [0.15, 0.2) is 22.8 Å². The van der Waals surface area contributed by atoms with Crippen LogP contribution >= 0.6 is 0 Å². The fourth-order valence-corrected chi connectivity index (χ4v) is 2.86. The molecule has 0 nitrogen and oxygen atoms in total. The van der Waals surface area contributed by atoms with Gasteiger partial charge in [0.2, 0.25) is 0 Å². The van der Waals surface area contributed by atoms with Crippen molar-refractivity contribution in [2.75, 3.05) is 0 Å². The van der Waals surface area contributed by atoms with E-state index in [9.17, 15) is 0 Å². The van der Waals surface area contributed by atoms with Crippen LogP contribution in [0.3, 0.4) is 0 Å². The van der Waals surface area contributed by atoms with Crippen LogP contribution in [0.5, 0.6) is 0 Å². The minimum atomic E-state index is 0.855. The summed E-state index contributed by atoms with van der Waals surface area (Å²) in [6.45, 7) is 4.69. The van der Waals surface area contributed by atoms with Crippen molar-refractivity contribution >= 4 is 0 Å². The predicted molar refractivity (Wildman–Crippen MR) is 57.6 cm³/mol. The molecule has 1 atom stereocenters. The molecule has 0 aliphatic heterocycles. The molecule has 0 bridgehead atoms. The Bertz CT molecular complexity index is 255. The molecule has 0 aromatic heterocycles. The zero-order chi connectivity index (χ0) is 9.26. The molecule has 13 heavy (non-hydrogen) atoms. The molecule has 0 aromatic rings. The maximum atomic E-state index is 2.49. The van der Waals surface area contributed by atoms with Crippen LogP contribution in [-0.2, 0) is 0 Å². The molecule has 0 aromatic carbocycles. The van der Waals surface area contributed by atoms with E-state index in [2.05, 4.69) is 19.9 Å². The monoisotopic (exact) mass is 176 g/mol. The van der Waals surface area contributed by atoms with Gasteiger partial charge in [-0.3, -0.25) is 0 Å². The van der Waals surface area contributed by atoms with Crippen molar-refractivity contribution in [1.82, 2.24) is 0 Å². The summed E-state index contributed by atoms with van der Waals surface area (Å²) in [6.07, 6.45) is 10.6. The van der Waals surface area contributed by atoms with Gasteiger partial charge in [-0.15, -0.1) is 0 Å². The molecule has 0 radical (unpaired) electrons. The Morgan fingerprint density at radius 3 is 3.00 bits per heavy atom. The summed E-state index contributed by atoms with van der Waals surface area (Å²) in [5, 5.41) is 0. The van der Waals surface area contributed by atoms with Gasteiger partial charge in [0, 0.05) is 0 Å². The zero-order valence-corrected chi connectivity index (χ0v) is 8.90. The molecule has 2 rings (SSSR count). The van der Waals surface area contributed by atoms with Gasteiger partial charge >= 0.3 is 0 Å². The molecule has 0 heterocycles. The number of hydrogen-bond acceptors (Lipinski definition) is 0. The highest BCUT2D eigenvalue weighted by Gasteiger charge is 2.25. The van der Waals surface area contributed by atoms with Crippen molar-refractivity contribution in [3.63, 3.8) is 0 Å². The van der Waals surface area contributed by atoms with Crippen LogP contribution in [0.1, 0.15) is 52.4 Å². The van der Waals surface area contributed by atoms with Crippen molar-refractivity contribution in [2.24, 2.45) is 5.92 Å². The lowest BCUT2D eigenvalue weighted by atomic mass is 9.87. The second-order valence-corrected chi connectivity index (χ2v) is 4.47. The molecule has 0 heteroatoms. The lowest BCUT2D eigenvalue weighted by Crippen LogP contribution is -2.02. The first-order chi connectivity index (χ1) is 6.33. The van der Waals surface area contributed by atoms with Crippen molar-refractivity contribution < 1.29 is 0 Å². The van der Waals surface area contributed by atoms with E-state index in [-0.39, 0.29) is 0 Å². The van der Waals surface area contributed by atoms with E-state index in [4.69, 9.17) is 0 Å². The van der Waals surface area contributed by atoms with Gasteiger partial charge < -0.3 is 0 Å². The molecule has 0 N–H and O–H groups in total. The third-order valence-corrected chi connectivity index (χ3v) is 3.45. The molecule has 0 saturated heterocycles. The minimum absolute atomic E-state index is 0.855. The first kappa shape index (κ1) is 9.05. The van der Waals surface area contributed by atoms with Gasteiger partial charge in [0.05, 0.1) is 0 Å². The molecular weight excluding hydrogens is 156 g/mol. The molecule has 72 valence electrons. The Kier molecular flexibility index (Phi) is 2.57. The van der Waals surface area contributed by atoms with E-state index >= 15 is 0 Å². The average molecular weight is 176 g/mol. The van der Waals surface area contributed by atoms with Gasteiger partial charge in [0.25, 0.3) is 0 Å². The number of hydrogen-bond donors (Lipinski definition) is 0. The van der Waals surface area contributed by atoms with Crippen LogP contribution in [0.2, 0.25) is 0 Å². The summed E-state index contributed by atoms with van der Waals surface area (Å²) in [5.41, 5.74) is 5.24. The minimum Gasteiger partial charge on any atom is -0.0807 e. The summed E-state index contributed by atoms with van der Waals surface area (Å²) in [7, 11) is 0. The average Bonchev–Trinajstić information content (AvgIpc) is 2.50. The second kappa shape index (κ2) is 3.69. The molecule has 0 fully saturated rings. The third-order valence-electron chi connectivity index (χ3n) is 3.45. The van der Waals surface area contributed by atoms with Gasteiger partial charge in [-0.25, -0.2) is 0 Å². The van der Waals surface area contributed by atoms with Crippen molar-refractivity contribution in [3.05, 3.63) is 22.8 Å². The van der Waals surface area contributed by atoms with E-state index in [1.54, 1.807) is 16.7 Å². The topological polar surface area (TPSA) is 0 Å². The zero-order valence-electron chi connectivity index (χ0n) is 8.90. The van der Waals surface area contributed by atoms with Crippen LogP contribution in [-0.4, -0.2) is 0 Å². The van der Waals surface area contributed by atoms with E-state index in [0.717, 1.165) is 5.92 Å². The fraction of sp³-hybridized carbons (Fsp3) is 0.692. The van der Waals surface area contributed by atoms with E-state index < -0.39 is 0 Å². The highest BCUT2D eigenvalue weighted by Crippen LogP contribution is 2.42. The predicted octanol–water partition coefficient (Wildman–Crippen LogP) is 4.23. The SMILES string of the molecule is CCCC1=CCCC2=C1C(C)CC2. The highest BCUT2D eigenvalue weighted by atomic mass is 14.3. The second-order valence-electron chi connectivity index (χ2n) is 4.47. The van der Waals surface area contributed by atoms with Crippen molar-refractivity contribution in [1.29, 1.82) is 0 Å². The molecule has 2 aliphatic carbocycles. The summed E-state index contributed by atoms with van der Waals surface area (Å²) in [5.74, 6) is 0.855. The number of allylic oxidation sites excluding steroid dienone is 4. The summed E-state index contributed by atoms with van der Waals surface area (Å²) >= 11 is 0. The lowest BCUT2D eigenvalue weighted by molar-refractivity contribution is 0.666. The van der Waals surface area contributed by atoms with Crippen LogP contribution in [0.25, 0.3) is 0 Å². The van der Waals surface area contributed by atoms with E-state index in [1.807, 2.05) is 0 Å². The van der Waals surface area contributed by atoms with Gasteiger partial charge in [-0.2, -0.15) is 0 Å². The standard InChI is InChI=1S/C13H20/c1-3-5-11-6-4-7-12-9-8-10(2)13(11)12/h6,10H,3-5,7-9H2,1-2H3. The Balaban J connectivity index is 2.23. The van der Waals surface area contributed by atoms with Crippen molar-refractivity contribution in [3.8, 4) is 0 Å². The van der Waals surface area contributed by atoms with Crippen LogP contribution < -0.4 is 0 Å². The highest BCUT2D eigenvalue weighted by molar-refractivity contribution is 5.42. The largest absolute Gasteiger partial charge is 0.0807 e.